The molecule has 1 unspecified atom stereocenters. The van der Waals surface area contributed by atoms with Crippen LogP contribution in [0.2, 0.25) is 0 Å². The van der Waals surface area contributed by atoms with Gasteiger partial charge in [-0.25, -0.2) is 0 Å². The van der Waals surface area contributed by atoms with Gasteiger partial charge in [-0.1, -0.05) is 12.1 Å². The molecule has 12 heavy (non-hydrogen) atoms. The predicted octanol–water partition coefficient (Wildman–Crippen LogP) is 1.75. The SMILES string of the molecule is Cc1cccc(OC(C)CO)c1. The van der Waals surface area contributed by atoms with Crippen LogP contribution >= 0.6 is 0 Å². The van der Waals surface area contributed by atoms with E-state index in [4.69, 9.17) is 9.84 Å². The fourth-order valence-electron chi connectivity index (χ4n) is 0.958. The van der Waals surface area contributed by atoms with Crippen molar-refractivity contribution in [2.75, 3.05) is 6.61 Å². The van der Waals surface area contributed by atoms with Crippen molar-refractivity contribution >= 4 is 0 Å². The molecule has 0 amide bonds. The zero-order chi connectivity index (χ0) is 8.97. The second-order valence-corrected chi connectivity index (χ2v) is 2.93. The topological polar surface area (TPSA) is 29.5 Å². The molecule has 0 aromatic heterocycles. The van der Waals surface area contributed by atoms with E-state index in [0.717, 1.165) is 11.3 Å². The molecule has 0 aliphatic carbocycles. The van der Waals surface area contributed by atoms with Crippen molar-refractivity contribution in [1.82, 2.24) is 0 Å². The summed E-state index contributed by atoms with van der Waals surface area (Å²) in [6.07, 6.45) is -0.133. The quantitative estimate of drug-likeness (QED) is 0.741. The largest absolute Gasteiger partial charge is 0.488 e. The minimum absolute atomic E-state index is 0.0495. The Morgan fingerprint density at radius 3 is 2.83 bits per heavy atom. The Labute approximate surface area is 72.8 Å². The van der Waals surface area contributed by atoms with Gasteiger partial charge in [0.2, 0.25) is 0 Å². The molecule has 0 fully saturated rings. The summed E-state index contributed by atoms with van der Waals surface area (Å²) in [5.74, 6) is 0.816. The molecule has 1 aromatic rings. The molecule has 0 bridgehead atoms. The summed E-state index contributed by atoms with van der Waals surface area (Å²) in [6, 6.07) is 7.79. The van der Waals surface area contributed by atoms with Gasteiger partial charge >= 0.3 is 0 Å². The van der Waals surface area contributed by atoms with Gasteiger partial charge in [0.1, 0.15) is 11.9 Å². The summed E-state index contributed by atoms with van der Waals surface area (Å²) < 4.78 is 5.39. The number of hydrogen-bond donors (Lipinski definition) is 1. The van der Waals surface area contributed by atoms with Crippen molar-refractivity contribution in [2.45, 2.75) is 20.0 Å². The Balaban J connectivity index is 2.63. The fraction of sp³-hybridized carbons (Fsp3) is 0.400. The Morgan fingerprint density at radius 2 is 2.25 bits per heavy atom. The molecule has 0 saturated heterocycles. The predicted molar refractivity (Wildman–Crippen MR) is 48.4 cm³/mol. The maximum absolute atomic E-state index is 8.74. The summed E-state index contributed by atoms with van der Waals surface area (Å²) in [6.45, 7) is 3.90. The lowest BCUT2D eigenvalue weighted by Gasteiger charge is -2.11. The summed E-state index contributed by atoms with van der Waals surface area (Å²) in [5.41, 5.74) is 1.16. The lowest BCUT2D eigenvalue weighted by molar-refractivity contribution is 0.129. The standard InChI is InChI=1S/C10H14O2/c1-8-4-3-5-10(6-8)12-9(2)7-11/h3-6,9,11H,7H2,1-2H3. The van der Waals surface area contributed by atoms with Crippen LogP contribution in [0.15, 0.2) is 24.3 Å². The molecule has 0 aliphatic heterocycles. The number of rotatable bonds is 3. The molecule has 1 aromatic carbocycles. The van der Waals surface area contributed by atoms with Crippen molar-refractivity contribution < 1.29 is 9.84 Å². The molecule has 0 saturated carbocycles. The fourth-order valence-corrected chi connectivity index (χ4v) is 0.958. The van der Waals surface area contributed by atoms with Crippen LogP contribution in [0.4, 0.5) is 0 Å². The molecule has 1 N–H and O–H groups in total. The van der Waals surface area contributed by atoms with Crippen molar-refractivity contribution in [3.63, 3.8) is 0 Å². The van der Waals surface area contributed by atoms with Gasteiger partial charge in [0.05, 0.1) is 6.61 Å². The number of aryl methyl sites for hydroxylation is 1. The van der Waals surface area contributed by atoms with Gasteiger partial charge in [0, 0.05) is 0 Å². The van der Waals surface area contributed by atoms with E-state index in [-0.39, 0.29) is 12.7 Å². The lowest BCUT2D eigenvalue weighted by Crippen LogP contribution is -2.16. The number of ether oxygens (including phenoxy) is 1. The average Bonchev–Trinajstić information content (AvgIpc) is 2.04. The van der Waals surface area contributed by atoms with Gasteiger partial charge in [-0.3, -0.25) is 0 Å². The third kappa shape index (κ3) is 2.55. The van der Waals surface area contributed by atoms with E-state index in [1.54, 1.807) is 0 Å². The summed E-state index contributed by atoms with van der Waals surface area (Å²) in [7, 11) is 0. The Bertz CT molecular complexity index is 245. The highest BCUT2D eigenvalue weighted by Crippen LogP contribution is 2.13. The molecule has 2 nitrogen and oxygen atoms in total. The first-order chi connectivity index (χ1) is 5.72. The van der Waals surface area contributed by atoms with E-state index in [2.05, 4.69) is 0 Å². The van der Waals surface area contributed by atoms with Crippen LogP contribution in [0.1, 0.15) is 12.5 Å². The highest BCUT2D eigenvalue weighted by Gasteiger charge is 2.00. The molecular formula is C10H14O2. The molecule has 66 valence electrons. The molecular weight excluding hydrogens is 152 g/mol. The Kier molecular flexibility index (Phi) is 3.11. The van der Waals surface area contributed by atoms with Crippen LogP contribution in [-0.4, -0.2) is 17.8 Å². The van der Waals surface area contributed by atoms with E-state index < -0.39 is 0 Å². The molecule has 0 radical (unpaired) electrons. The van der Waals surface area contributed by atoms with Crippen molar-refractivity contribution in [3.05, 3.63) is 29.8 Å². The lowest BCUT2D eigenvalue weighted by atomic mass is 10.2. The number of aliphatic hydroxyl groups excluding tert-OH is 1. The zero-order valence-corrected chi connectivity index (χ0v) is 7.45. The monoisotopic (exact) mass is 166 g/mol. The van der Waals surface area contributed by atoms with Crippen LogP contribution in [0.25, 0.3) is 0 Å². The molecule has 1 atom stereocenters. The van der Waals surface area contributed by atoms with Gasteiger partial charge < -0.3 is 9.84 Å². The smallest absolute Gasteiger partial charge is 0.120 e. The molecule has 0 spiro atoms. The third-order valence-corrected chi connectivity index (χ3v) is 1.58. The third-order valence-electron chi connectivity index (χ3n) is 1.58. The van der Waals surface area contributed by atoms with Crippen LogP contribution in [0, 0.1) is 6.92 Å². The van der Waals surface area contributed by atoms with Crippen molar-refractivity contribution in [3.8, 4) is 5.75 Å². The van der Waals surface area contributed by atoms with Gasteiger partial charge in [0.25, 0.3) is 0 Å². The Morgan fingerprint density at radius 1 is 1.50 bits per heavy atom. The minimum Gasteiger partial charge on any atom is -0.488 e. The van der Waals surface area contributed by atoms with E-state index in [1.807, 2.05) is 38.1 Å². The van der Waals surface area contributed by atoms with Crippen LogP contribution < -0.4 is 4.74 Å². The molecule has 0 aliphatic rings. The van der Waals surface area contributed by atoms with Gasteiger partial charge in [0.15, 0.2) is 0 Å². The van der Waals surface area contributed by atoms with Crippen LogP contribution in [0.5, 0.6) is 5.75 Å². The summed E-state index contributed by atoms with van der Waals surface area (Å²) in [4.78, 5) is 0. The van der Waals surface area contributed by atoms with E-state index >= 15 is 0 Å². The second kappa shape index (κ2) is 4.12. The first-order valence-electron chi connectivity index (χ1n) is 4.06. The molecule has 0 heterocycles. The first-order valence-corrected chi connectivity index (χ1v) is 4.06. The van der Waals surface area contributed by atoms with E-state index in [1.165, 1.54) is 0 Å². The minimum atomic E-state index is -0.133. The van der Waals surface area contributed by atoms with Crippen LogP contribution in [-0.2, 0) is 0 Å². The van der Waals surface area contributed by atoms with Crippen LogP contribution in [0.3, 0.4) is 0 Å². The highest BCUT2D eigenvalue weighted by molar-refractivity contribution is 5.27. The van der Waals surface area contributed by atoms with Gasteiger partial charge in [-0.15, -0.1) is 0 Å². The summed E-state index contributed by atoms with van der Waals surface area (Å²) in [5, 5.41) is 8.74. The molecule has 2 heteroatoms. The highest BCUT2D eigenvalue weighted by atomic mass is 16.5. The van der Waals surface area contributed by atoms with E-state index in [0.29, 0.717) is 0 Å². The normalized spacial score (nSPS) is 12.6. The Hall–Kier alpha value is -1.02. The zero-order valence-electron chi connectivity index (χ0n) is 7.45. The second-order valence-electron chi connectivity index (χ2n) is 2.93. The van der Waals surface area contributed by atoms with Crippen molar-refractivity contribution in [2.24, 2.45) is 0 Å². The van der Waals surface area contributed by atoms with Gasteiger partial charge in [-0.05, 0) is 31.5 Å². The maximum Gasteiger partial charge on any atom is 0.120 e. The first kappa shape index (κ1) is 9.07. The van der Waals surface area contributed by atoms with Crippen molar-refractivity contribution in [1.29, 1.82) is 0 Å². The molecule has 1 rings (SSSR count). The number of aliphatic hydroxyl groups is 1. The number of benzene rings is 1. The maximum atomic E-state index is 8.74. The number of hydrogen-bond acceptors (Lipinski definition) is 2. The average molecular weight is 166 g/mol. The van der Waals surface area contributed by atoms with Gasteiger partial charge in [-0.2, -0.15) is 0 Å². The summed E-state index contributed by atoms with van der Waals surface area (Å²) >= 11 is 0. The van der Waals surface area contributed by atoms with E-state index in [9.17, 15) is 0 Å².